The number of nitrogens with one attached hydrogen (secondary N) is 2. The highest BCUT2D eigenvalue weighted by molar-refractivity contribution is 14.0. The van der Waals surface area contributed by atoms with E-state index in [9.17, 15) is 0 Å². The van der Waals surface area contributed by atoms with Gasteiger partial charge in [-0.2, -0.15) is 0 Å². The van der Waals surface area contributed by atoms with Gasteiger partial charge in [0.15, 0.2) is 5.96 Å². The van der Waals surface area contributed by atoms with Crippen molar-refractivity contribution < 1.29 is 9.47 Å². The van der Waals surface area contributed by atoms with E-state index in [0.29, 0.717) is 18.5 Å². The van der Waals surface area contributed by atoms with E-state index in [4.69, 9.17) is 14.5 Å². The Kier molecular flexibility index (Phi) is 8.82. The summed E-state index contributed by atoms with van der Waals surface area (Å²) < 4.78 is 11.4. The van der Waals surface area contributed by atoms with Crippen molar-refractivity contribution >= 4 is 29.9 Å². The molecular formula is C19H32IN3O2. The molecule has 0 fully saturated rings. The highest BCUT2D eigenvalue weighted by Gasteiger charge is 2.21. The third-order valence-electron chi connectivity index (χ3n) is 4.42. The standard InChI is InChI=1S/C19H31N3O2.HI/c1-7-20-19(22-14(5)12(2)3)21-11-16-10-18-15(8-13(4)24-18)9-17(16)23-6;/h9-10,12-14H,7-8,11H2,1-6H3,(H2,20,21,22);1H. The van der Waals surface area contributed by atoms with Crippen LogP contribution in [0.15, 0.2) is 17.1 Å². The second kappa shape index (κ2) is 10.1. The van der Waals surface area contributed by atoms with Crippen molar-refractivity contribution in [2.45, 2.75) is 59.7 Å². The van der Waals surface area contributed by atoms with Crippen LogP contribution in [0.3, 0.4) is 0 Å². The molecule has 0 aromatic heterocycles. The van der Waals surface area contributed by atoms with Gasteiger partial charge in [-0.1, -0.05) is 13.8 Å². The number of guanidine groups is 1. The molecule has 1 heterocycles. The topological polar surface area (TPSA) is 54.9 Å². The van der Waals surface area contributed by atoms with Gasteiger partial charge in [0.2, 0.25) is 0 Å². The number of halogens is 1. The maximum atomic E-state index is 5.86. The molecule has 1 aliphatic rings. The van der Waals surface area contributed by atoms with Crippen LogP contribution in [0.1, 0.15) is 45.7 Å². The smallest absolute Gasteiger partial charge is 0.191 e. The Morgan fingerprint density at radius 3 is 2.68 bits per heavy atom. The van der Waals surface area contributed by atoms with Crippen LogP contribution < -0.4 is 20.1 Å². The van der Waals surface area contributed by atoms with Gasteiger partial charge in [-0.3, -0.25) is 0 Å². The first-order valence-electron chi connectivity index (χ1n) is 8.85. The fourth-order valence-electron chi connectivity index (χ4n) is 2.66. The van der Waals surface area contributed by atoms with Crippen LogP contribution in [0.4, 0.5) is 0 Å². The fraction of sp³-hybridized carbons (Fsp3) is 0.632. The van der Waals surface area contributed by atoms with Crippen molar-refractivity contribution in [3.63, 3.8) is 0 Å². The Bertz CT molecular complexity index is 590. The molecule has 0 spiro atoms. The lowest BCUT2D eigenvalue weighted by molar-refractivity contribution is 0.254. The molecule has 25 heavy (non-hydrogen) atoms. The van der Waals surface area contributed by atoms with Crippen molar-refractivity contribution in [1.29, 1.82) is 0 Å². The molecule has 0 bridgehead atoms. The highest BCUT2D eigenvalue weighted by atomic mass is 127. The molecule has 1 aromatic rings. The third-order valence-corrected chi connectivity index (χ3v) is 4.42. The van der Waals surface area contributed by atoms with Crippen LogP contribution in [0, 0.1) is 5.92 Å². The molecule has 2 N–H and O–H groups in total. The number of fused-ring (bicyclic) bond motifs is 1. The SMILES string of the molecule is CCNC(=NCc1cc2c(cc1OC)CC(C)O2)NC(C)C(C)C.I. The second-order valence-corrected chi connectivity index (χ2v) is 6.78. The summed E-state index contributed by atoms with van der Waals surface area (Å²) >= 11 is 0. The Labute approximate surface area is 169 Å². The summed E-state index contributed by atoms with van der Waals surface area (Å²) in [6.07, 6.45) is 1.17. The number of aliphatic imine (C=N–C) groups is 1. The molecule has 1 aromatic carbocycles. The predicted octanol–water partition coefficient (Wildman–Crippen LogP) is 3.74. The van der Waals surface area contributed by atoms with Gasteiger partial charge >= 0.3 is 0 Å². The van der Waals surface area contributed by atoms with E-state index in [1.165, 1.54) is 5.56 Å². The molecule has 2 rings (SSSR count). The van der Waals surface area contributed by atoms with Gasteiger partial charge in [0, 0.05) is 30.1 Å². The van der Waals surface area contributed by atoms with Crippen molar-refractivity contribution in [3.05, 3.63) is 23.3 Å². The number of rotatable bonds is 6. The number of ether oxygens (including phenoxy) is 2. The molecule has 142 valence electrons. The fourth-order valence-corrected chi connectivity index (χ4v) is 2.66. The third kappa shape index (κ3) is 5.94. The largest absolute Gasteiger partial charge is 0.496 e. The summed E-state index contributed by atoms with van der Waals surface area (Å²) in [4.78, 5) is 4.72. The first kappa shape index (κ1) is 21.9. The van der Waals surface area contributed by atoms with Crippen LogP contribution in [-0.4, -0.2) is 31.8 Å². The lowest BCUT2D eigenvalue weighted by Crippen LogP contribution is -2.44. The minimum absolute atomic E-state index is 0. The molecule has 0 saturated heterocycles. The maximum absolute atomic E-state index is 5.86. The molecule has 6 heteroatoms. The zero-order valence-electron chi connectivity index (χ0n) is 16.2. The van der Waals surface area contributed by atoms with E-state index in [2.05, 4.69) is 57.4 Å². The van der Waals surface area contributed by atoms with Gasteiger partial charge < -0.3 is 20.1 Å². The Morgan fingerprint density at radius 1 is 1.36 bits per heavy atom. The minimum Gasteiger partial charge on any atom is -0.496 e. The molecule has 5 nitrogen and oxygen atoms in total. The van der Waals surface area contributed by atoms with E-state index in [1.807, 2.05) is 0 Å². The van der Waals surface area contributed by atoms with Crippen molar-refractivity contribution in [2.75, 3.05) is 13.7 Å². The van der Waals surface area contributed by atoms with Crippen molar-refractivity contribution in [1.82, 2.24) is 10.6 Å². The average Bonchev–Trinajstić information content (AvgIpc) is 2.90. The van der Waals surface area contributed by atoms with Crippen LogP contribution >= 0.6 is 24.0 Å². The van der Waals surface area contributed by atoms with E-state index in [0.717, 1.165) is 36.0 Å². The average molecular weight is 461 g/mol. The molecule has 2 unspecified atom stereocenters. The van der Waals surface area contributed by atoms with Gasteiger partial charge in [-0.05, 0) is 38.8 Å². The van der Waals surface area contributed by atoms with Crippen molar-refractivity contribution in [3.8, 4) is 11.5 Å². The van der Waals surface area contributed by atoms with E-state index in [-0.39, 0.29) is 30.1 Å². The minimum atomic E-state index is 0. The molecular weight excluding hydrogens is 429 g/mol. The van der Waals surface area contributed by atoms with Crippen molar-refractivity contribution in [2.24, 2.45) is 10.9 Å². The van der Waals surface area contributed by atoms with E-state index in [1.54, 1.807) is 7.11 Å². The zero-order valence-corrected chi connectivity index (χ0v) is 18.5. The first-order valence-corrected chi connectivity index (χ1v) is 8.85. The van der Waals surface area contributed by atoms with Crippen LogP contribution in [0.2, 0.25) is 0 Å². The van der Waals surface area contributed by atoms with Gasteiger partial charge in [-0.15, -0.1) is 24.0 Å². The van der Waals surface area contributed by atoms with E-state index >= 15 is 0 Å². The Hall–Kier alpha value is -1.18. The zero-order chi connectivity index (χ0) is 17.7. The first-order chi connectivity index (χ1) is 11.4. The number of methoxy groups -OCH3 is 1. The summed E-state index contributed by atoms with van der Waals surface area (Å²) in [5.41, 5.74) is 2.25. The van der Waals surface area contributed by atoms with Crippen LogP contribution in [0.5, 0.6) is 11.5 Å². The predicted molar refractivity (Wildman–Crippen MR) is 114 cm³/mol. The number of hydrogen-bond acceptors (Lipinski definition) is 3. The summed E-state index contributed by atoms with van der Waals surface area (Å²) in [7, 11) is 1.71. The number of benzene rings is 1. The molecule has 0 aliphatic carbocycles. The highest BCUT2D eigenvalue weighted by Crippen LogP contribution is 2.35. The van der Waals surface area contributed by atoms with Crippen LogP contribution in [-0.2, 0) is 13.0 Å². The molecule has 0 saturated carbocycles. The molecule has 0 radical (unpaired) electrons. The summed E-state index contributed by atoms with van der Waals surface area (Å²) in [5, 5.41) is 6.75. The Balaban J connectivity index is 0.00000312. The maximum Gasteiger partial charge on any atom is 0.191 e. The van der Waals surface area contributed by atoms with E-state index < -0.39 is 0 Å². The quantitative estimate of drug-likeness (QED) is 0.385. The summed E-state index contributed by atoms with van der Waals surface area (Å²) in [6, 6.07) is 4.51. The second-order valence-electron chi connectivity index (χ2n) is 6.78. The summed E-state index contributed by atoms with van der Waals surface area (Å²) in [6.45, 7) is 12.1. The van der Waals surface area contributed by atoms with Crippen LogP contribution in [0.25, 0.3) is 0 Å². The van der Waals surface area contributed by atoms with Gasteiger partial charge in [-0.25, -0.2) is 4.99 Å². The lowest BCUT2D eigenvalue weighted by Gasteiger charge is -2.21. The Morgan fingerprint density at radius 2 is 2.08 bits per heavy atom. The molecule has 0 amide bonds. The summed E-state index contributed by atoms with van der Waals surface area (Å²) in [5.74, 6) is 3.21. The molecule has 2 atom stereocenters. The number of nitrogens with zero attached hydrogens (tertiary/aromatic N) is 1. The monoisotopic (exact) mass is 461 g/mol. The lowest BCUT2D eigenvalue weighted by atomic mass is 10.1. The molecule has 1 aliphatic heterocycles. The van der Waals surface area contributed by atoms with Gasteiger partial charge in [0.25, 0.3) is 0 Å². The van der Waals surface area contributed by atoms with Gasteiger partial charge in [0.1, 0.15) is 17.6 Å². The normalized spacial score (nSPS) is 17.4. The number of hydrogen-bond donors (Lipinski definition) is 2. The van der Waals surface area contributed by atoms with Gasteiger partial charge in [0.05, 0.1) is 13.7 Å².